The predicted molar refractivity (Wildman–Crippen MR) is 114 cm³/mol. The van der Waals surface area contributed by atoms with Crippen molar-refractivity contribution >= 4 is 17.6 Å². The third-order valence-electron chi connectivity index (χ3n) is 5.59. The Hall–Kier alpha value is -1.56. The first-order valence-electron chi connectivity index (χ1n) is 10.4. The maximum absolute atomic E-state index is 10.5. The fourth-order valence-electron chi connectivity index (χ4n) is 3.80. The summed E-state index contributed by atoms with van der Waals surface area (Å²) in [6, 6.07) is 7.45. The lowest BCUT2D eigenvalue weighted by atomic mass is 9.92. The molecule has 2 rings (SSSR count). The molecule has 1 unspecified atom stereocenters. The Balaban J connectivity index is 1.91. The zero-order valence-electron chi connectivity index (χ0n) is 17.2. The van der Waals surface area contributed by atoms with E-state index in [1.807, 2.05) is 50.3 Å². The molecule has 1 fully saturated rings. The number of aliphatic hydroxyl groups excluding tert-OH is 2. The summed E-state index contributed by atoms with van der Waals surface area (Å²) in [7, 11) is 0. The van der Waals surface area contributed by atoms with E-state index in [-0.39, 0.29) is 29.6 Å². The zero-order valence-corrected chi connectivity index (χ0v) is 18.0. The van der Waals surface area contributed by atoms with Gasteiger partial charge in [0.25, 0.3) is 0 Å². The summed E-state index contributed by atoms with van der Waals surface area (Å²) in [6.45, 7) is 4.30. The number of carboxylic acid groups (broad SMARTS) is 1. The van der Waals surface area contributed by atoms with Crippen LogP contribution in [0.4, 0.5) is 0 Å². The van der Waals surface area contributed by atoms with Gasteiger partial charge < -0.3 is 20.1 Å². The number of carboxylic acids is 1. The number of hydrogen-bond donors (Lipinski definition) is 3. The first-order chi connectivity index (χ1) is 13.8. The van der Waals surface area contributed by atoms with E-state index in [9.17, 15) is 15.0 Å². The highest BCUT2D eigenvalue weighted by atomic mass is 35.5. The van der Waals surface area contributed by atoms with Gasteiger partial charge in [0.1, 0.15) is 5.75 Å². The Morgan fingerprint density at radius 3 is 2.76 bits per heavy atom. The van der Waals surface area contributed by atoms with Crippen LogP contribution in [0.3, 0.4) is 0 Å². The van der Waals surface area contributed by atoms with Crippen LogP contribution in [0.5, 0.6) is 5.75 Å². The van der Waals surface area contributed by atoms with Crippen molar-refractivity contribution in [1.82, 2.24) is 0 Å². The minimum absolute atomic E-state index is 0.0696. The lowest BCUT2D eigenvalue weighted by molar-refractivity contribution is -0.137. The van der Waals surface area contributed by atoms with Gasteiger partial charge in [0.05, 0.1) is 18.8 Å². The van der Waals surface area contributed by atoms with Crippen LogP contribution < -0.4 is 4.74 Å². The summed E-state index contributed by atoms with van der Waals surface area (Å²) in [6.07, 6.45) is 5.77. The Morgan fingerprint density at radius 1 is 1.31 bits per heavy atom. The monoisotopic (exact) mass is 424 g/mol. The standard InChI is InChI=1S/C23H33ClO5/c1-15(2)23(28)16-8-7-9-17(12-16)29-14-19-18(20(24)13-21(19)25)10-5-3-4-6-11-22(26)27/h3,5,7-9,12,15,18-21,23,25,28H,4,6,10-11,13-14H2,1-2H3,(H,26,27)/b5-3-/t18-,19-,20-,21-,23?/m1/s1. The number of ether oxygens (including phenoxy) is 1. The summed E-state index contributed by atoms with van der Waals surface area (Å²) in [5, 5.41) is 29.2. The van der Waals surface area contributed by atoms with Crippen molar-refractivity contribution in [3.05, 3.63) is 42.0 Å². The molecule has 0 aromatic heterocycles. The van der Waals surface area contributed by atoms with E-state index in [0.29, 0.717) is 25.2 Å². The second-order valence-electron chi connectivity index (χ2n) is 8.21. The highest BCUT2D eigenvalue weighted by molar-refractivity contribution is 6.21. The second kappa shape index (κ2) is 11.6. The van der Waals surface area contributed by atoms with Crippen LogP contribution in [0, 0.1) is 17.8 Å². The van der Waals surface area contributed by atoms with Crippen LogP contribution in [-0.4, -0.2) is 39.4 Å². The van der Waals surface area contributed by atoms with Gasteiger partial charge in [-0.25, -0.2) is 0 Å². The number of aliphatic hydroxyl groups is 2. The Bertz CT molecular complexity index is 675. The molecule has 1 aliphatic carbocycles. The molecule has 5 nitrogen and oxygen atoms in total. The van der Waals surface area contributed by atoms with Crippen molar-refractivity contribution in [2.75, 3.05) is 6.61 Å². The molecule has 1 saturated carbocycles. The maximum Gasteiger partial charge on any atom is 0.303 e. The molecule has 0 heterocycles. The minimum atomic E-state index is -0.777. The van der Waals surface area contributed by atoms with Gasteiger partial charge in [-0.05, 0) is 55.2 Å². The molecule has 0 spiro atoms. The van der Waals surface area contributed by atoms with E-state index >= 15 is 0 Å². The third kappa shape index (κ3) is 7.32. The van der Waals surface area contributed by atoms with Crippen molar-refractivity contribution in [3.63, 3.8) is 0 Å². The number of benzene rings is 1. The highest BCUT2D eigenvalue weighted by Crippen LogP contribution is 2.39. The van der Waals surface area contributed by atoms with Crippen LogP contribution in [0.15, 0.2) is 36.4 Å². The number of unbranched alkanes of at least 4 members (excludes halogenated alkanes) is 1. The van der Waals surface area contributed by atoms with Gasteiger partial charge in [-0.1, -0.05) is 38.1 Å². The lowest BCUT2D eigenvalue weighted by Crippen LogP contribution is -2.27. The van der Waals surface area contributed by atoms with Gasteiger partial charge in [-0.15, -0.1) is 11.6 Å². The van der Waals surface area contributed by atoms with E-state index in [1.165, 1.54) is 0 Å². The first kappa shape index (κ1) is 23.7. The second-order valence-corrected chi connectivity index (χ2v) is 8.77. The fraction of sp³-hybridized carbons (Fsp3) is 0.609. The van der Waals surface area contributed by atoms with Crippen LogP contribution in [-0.2, 0) is 4.79 Å². The van der Waals surface area contributed by atoms with Gasteiger partial charge in [0.2, 0.25) is 0 Å². The number of hydrogen-bond acceptors (Lipinski definition) is 4. The predicted octanol–water partition coefficient (Wildman–Crippen LogP) is 4.56. The quantitative estimate of drug-likeness (QED) is 0.275. The molecule has 29 heavy (non-hydrogen) atoms. The van der Waals surface area contributed by atoms with E-state index in [2.05, 4.69) is 0 Å². The van der Waals surface area contributed by atoms with Gasteiger partial charge in [-0.3, -0.25) is 4.79 Å². The van der Waals surface area contributed by atoms with Crippen LogP contribution in [0.25, 0.3) is 0 Å². The molecule has 0 saturated heterocycles. The molecular formula is C23H33ClO5. The smallest absolute Gasteiger partial charge is 0.303 e. The lowest BCUT2D eigenvalue weighted by Gasteiger charge is -2.23. The van der Waals surface area contributed by atoms with E-state index in [1.54, 1.807) is 0 Å². The average molecular weight is 425 g/mol. The summed E-state index contributed by atoms with van der Waals surface area (Å²) in [4.78, 5) is 10.5. The minimum Gasteiger partial charge on any atom is -0.493 e. The molecule has 162 valence electrons. The molecule has 1 aromatic carbocycles. The Labute approximate surface area is 178 Å². The summed E-state index contributed by atoms with van der Waals surface area (Å²) in [5.74, 6) is 0.0490. The van der Waals surface area contributed by atoms with Gasteiger partial charge in [-0.2, -0.15) is 0 Å². The summed E-state index contributed by atoms with van der Waals surface area (Å²) in [5.41, 5.74) is 0.820. The molecule has 3 N–H and O–H groups in total. The van der Waals surface area contributed by atoms with Crippen molar-refractivity contribution in [2.45, 2.75) is 63.5 Å². The molecule has 5 atom stereocenters. The van der Waals surface area contributed by atoms with Crippen molar-refractivity contribution in [3.8, 4) is 5.75 Å². The number of allylic oxidation sites excluding steroid dienone is 2. The molecule has 0 radical (unpaired) electrons. The first-order valence-corrected chi connectivity index (χ1v) is 10.8. The van der Waals surface area contributed by atoms with E-state index in [4.69, 9.17) is 21.4 Å². The normalized spacial score (nSPS) is 25.6. The summed E-state index contributed by atoms with van der Waals surface area (Å²) < 4.78 is 5.96. The Kier molecular flexibility index (Phi) is 9.47. The van der Waals surface area contributed by atoms with Crippen LogP contribution in [0.1, 0.15) is 57.6 Å². The Morgan fingerprint density at radius 2 is 2.07 bits per heavy atom. The number of halogens is 1. The third-order valence-corrected chi connectivity index (χ3v) is 6.09. The number of rotatable bonds is 11. The largest absolute Gasteiger partial charge is 0.493 e. The molecule has 0 bridgehead atoms. The average Bonchev–Trinajstić information content (AvgIpc) is 2.94. The topological polar surface area (TPSA) is 87.0 Å². The van der Waals surface area contributed by atoms with Gasteiger partial charge >= 0.3 is 5.97 Å². The van der Waals surface area contributed by atoms with Gasteiger partial charge in [0, 0.05) is 17.7 Å². The summed E-state index contributed by atoms with van der Waals surface area (Å²) >= 11 is 6.47. The molecule has 6 heteroatoms. The number of aliphatic carboxylic acids is 1. The SMILES string of the molecule is CC(C)C(O)c1cccc(OC[C@@H]2[C@@H](C/C=C\CCCC(=O)O)[C@H](Cl)C[C@H]2O)c1. The van der Waals surface area contributed by atoms with Crippen molar-refractivity contribution in [2.24, 2.45) is 17.8 Å². The van der Waals surface area contributed by atoms with Gasteiger partial charge in [0.15, 0.2) is 0 Å². The molecule has 0 aliphatic heterocycles. The number of carbonyl (C=O) groups is 1. The maximum atomic E-state index is 10.5. The van der Waals surface area contributed by atoms with Crippen LogP contribution in [0.2, 0.25) is 0 Å². The van der Waals surface area contributed by atoms with E-state index in [0.717, 1.165) is 18.4 Å². The molecule has 0 amide bonds. The van der Waals surface area contributed by atoms with Crippen LogP contribution >= 0.6 is 11.6 Å². The molecular weight excluding hydrogens is 392 g/mol. The number of alkyl halides is 1. The highest BCUT2D eigenvalue weighted by Gasteiger charge is 2.41. The molecule has 1 aliphatic rings. The molecule has 1 aromatic rings. The fourth-order valence-corrected chi connectivity index (χ4v) is 4.27. The van der Waals surface area contributed by atoms with E-state index < -0.39 is 18.2 Å². The zero-order chi connectivity index (χ0) is 21.4. The van der Waals surface area contributed by atoms with Crippen molar-refractivity contribution in [1.29, 1.82) is 0 Å². The van der Waals surface area contributed by atoms with Crippen molar-refractivity contribution < 1.29 is 24.9 Å².